The summed E-state index contributed by atoms with van der Waals surface area (Å²) in [7, 11) is 3.81. The Labute approximate surface area is 168 Å². The van der Waals surface area contributed by atoms with Gasteiger partial charge in [0.1, 0.15) is 12.4 Å². The molecule has 28 heavy (non-hydrogen) atoms. The number of imidazole rings is 1. The minimum Gasteiger partial charge on any atom is -0.378 e. The minimum atomic E-state index is -0.364. The van der Waals surface area contributed by atoms with Crippen LogP contribution in [0.4, 0.5) is 5.69 Å². The van der Waals surface area contributed by atoms with E-state index in [1.807, 2.05) is 60.1 Å². The highest BCUT2D eigenvalue weighted by Crippen LogP contribution is 2.18. The topological polar surface area (TPSA) is 79.3 Å². The van der Waals surface area contributed by atoms with Crippen molar-refractivity contribution >= 4 is 40.3 Å². The molecule has 0 aliphatic rings. The maximum atomic E-state index is 12.4. The zero-order valence-corrected chi connectivity index (χ0v) is 16.9. The van der Waals surface area contributed by atoms with E-state index in [9.17, 15) is 9.59 Å². The lowest BCUT2D eigenvalue weighted by atomic mass is 10.2. The Bertz CT molecular complexity index is 999. The fraction of sp³-hybridized carbons (Fsp3) is 0.250. The molecular formula is C20H23N5O2S. The predicted molar refractivity (Wildman–Crippen MR) is 113 cm³/mol. The SMILES string of the molecule is CSCc1nc2ccccc2n1CC(=O)NNC(=O)c1cccc(N(C)C)c1. The van der Waals surface area contributed by atoms with Gasteiger partial charge in [-0.3, -0.25) is 20.4 Å². The van der Waals surface area contributed by atoms with Crippen LogP contribution in [0, 0.1) is 0 Å². The molecule has 0 fully saturated rings. The fourth-order valence-corrected chi connectivity index (χ4v) is 3.33. The van der Waals surface area contributed by atoms with Crippen LogP contribution in [-0.2, 0) is 17.1 Å². The van der Waals surface area contributed by atoms with Crippen molar-refractivity contribution < 1.29 is 9.59 Å². The molecule has 0 radical (unpaired) electrons. The number of hydrogen-bond acceptors (Lipinski definition) is 5. The number of benzene rings is 2. The second-order valence-corrected chi connectivity index (χ2v) is 7.35. The minimum absolute atomic E-state index is 0.0778. The maximum Gasteiger partial charge on any atom is 0.269 e. The first-order chi connectivity index (χ1) is 13.5. The first kappa shape index (κ1) is 19.8. The van der Waals surface area contributed by atoms with Gasteiger partial charge in [0.25, 0.3) is 11.8 Å². The van der Waals surface area contributed by atoms with Crippen LogP contribution in [0.5, 0.6) is 0 Å². The number of para-hydroxylation sites is 2. The number of fused-ring (bicyclic) bond motifs is 1. The standard InChI is InChI=1S/C20H23N5O2S/c1-24(2)15-8-6-7-14(11-15)20(27)23-22-19(26)12-25-17-10-5-4-9-16(17)21-18(25)13-28-3/h4-11H,12-13H2,1-3H3,(H,22,26)(H,23,27). The summed E-state index contributed by atoms with van der Waals surface area (Å²) < 4.78 is 1.87. The van der Waals surface area contributed by atoms with Crippen LogP contribution in [0.25, 0.3) is 11.0 Å². The number of aromatic nitrogens is 2. The monoisotopic (exact) mass is 397 g/mol. The second kappa shape index (κ2) is 8.79. The molecule has 0 saturated carbocycles. The van der Waals surface area contributed by atoms with Crippen molar-refractivity contribution in [3.05, 3.63) is 59.9 Å². The zero-order chi connectivity index (χ0) is 20.1. The van der Waals surface area contributed by atoms with E-state index in [1.54, 1.807) is 30.0 Å². The molecule has 2 N–H and O–H groups in total. The second-order valence-electron chi connectivity index (χ2n) is 6.48. The number of anilines is 1. The molecule has 7 nitrogen and oxygen atoms in total. The van der Waals surface area contributed by atoms with E-state index in [0.29, 0.717) is 11.3 Å². The molecule has 1 aromatic heterocycles. The predicted octanol–water partition coefficient (Wildman–Crippen LogP) is 2.43. The number of carbonyl (C=O) groups is 2. The summed E-state index contributed by atoms with van der Waals surface area (Å²) in [4.78, 5) is 31.3. The molecule has 0 bridgehead atoms. The molecule has 2 aromatic carbocycles. The Morgan fingerprint density at radius 3 is 2.64 bits per heavy atom. The molecule has 3 aromatic rings. The zero-order valence-electron chi connectivity index (χ0n) is 16.1. The summed E-state index contributed by atoms with van der Waals surface area (Å²) in [5.74, 6) is 0.847. The lowest BCUT2D eigenvalue weighted by Crippen LogP contribution is -2.43. The highest BCUT2D eigenvalue weighted by atomic mass is 32.2. The van der Waals surface area contributed by atoms with Gasteiger partial charge < -0.3 is 9.47 Å². The van der Waals surface area contributed by atoms with Crippen LogP contribution in [0.2, 0.25) is 0 Å². The quantitative estimate of drug-likeness (QED) is 0.625. The molecule has 1 heterocycles. The van der Waals surface area contributed by atoms with E-state index in [4.69, 9.17) is 0 Å². The van der Waals surface area contributed by atoms with Crippen LogP contribution in [0.15, 0.2) is 48.5 Å². The van der Waals surface area contributed by atoms with Gasteiger partial charge in [-0.15, -0.1) is 0 Å². The summed E-state index contributed by atoms with van der Waals surface area (Å²) in [6.45, 7) is 0.0778. The maximum absolute atomic E-state index is 12.4. The van der Waals surface area contributed by atoms with Gasteiger partial charge in [-0.1, -0.05) is 18.2 Å². The van der Waals surface area contributed by atoms with Crippen LogP contribution in [-0.4, -0.2) is 41.7 Å². The van der Waals surface area contributed by atoms with Crippen LogP contribution in [0.3, 0.4) is 0 Å². The third kappa shape index (κ3) is 4.45. The van der Waals surface area contributed by atoms with E-state index < -0.39 is 0 Å². The lowest BCUT2D eigenvalue weighted by molar-refractivity contribution is -0.122. The molecule has 0 atom stereocenters. The molecular weight excluding hydrogens is 374 g/mol. The van der Waals surface area contributed by atoms with Gasteiger partial charge in [-0.2, -0.15) is 11.8 Å². The Kier molecular flexibility index (Phi) is 6.20. The molecule has 2 amide bonds. The van der Waals surface area contributed by atoms with Crippen molar-refractivity contribution in [3.63, 3.8) is 0 Å². The number of thioether (sulfide) groups is 1. The Morgan fingerprint density at radius 1 is 1.11 bits per heavy atom. The molecule has 0 aliphatic heterocycles. The number of carbonyl (C=O) groups excluding carboxylic acids is 2. The van der Waals surface area contributed by atoms with Crippen molar-refractivity contribution in [3.8, 4) is 0 Å². The molecule has 0 aliphatic carbocycles. The molecule has 3 rings (SSSR count). The smallest absolute Gasteiger partial charge is 0.269 e. The molecule has 8 heteroatoms. The van der Waals surface area contributed by atoms with Gasteiger partial charge >= 0.3 is 0 Å². The number of nitrogens with zero attached hydrogens (tertiary/aromatic N) is 3. The highest BCUT2D eigenvalue weighted by molar-refractivity contribution is 7.97. The van der Waals surface area contributed by atoms with E-state index in [1.165, 1.54) is 0 Å². The third-order valence-corrected chi connectivity index (χ3v) is 4.80. The first-order valence-corrected chi connectivity index (χ1v) is 10.2. The van der Waals surface area contributed by atoms with Gasteiger partial charge in [-0.05, 0) is 36.6 Å². The van der Waals surface area contributed by atoms with Crippen molar-refractivity contribution in [2.24, 2.45) is 0 Å². The number of hydrazine groups is 1. The fourth-order valence-electron chi connectivity index (χ4n) is 2.85. The van der Waals surface area contributed by atoms with Gasteiger partial charge in [-0.25, -0.2) is 4.98 Å². The first-order valence-electron chi connectivity index (χ1n) is 8.79. The largest absolute Gasteiger partial charge is 0.378 e. The number of nitrogens with one attached hydrogen (secondary N) is 2. The summed E-state index contributed by atoms with van der Waals surface area (Å²) in [6, 6.07) is 14.9. The molecule has 146 valence electrons. The van der Waals surface area contributed by atoms with Gasteiger partial charge in [0.15, 0.2) is 0 Å². The summed E-state index contributed by atoms with van der Waals surface area (Å²) in [5.41, 5.74) is 8.10. The third-order valence-electron chi connectivity index (χ3n) is 4.25. The van der Waals surface area contributed by atoms with E-state index in [-0.39, 0.29) is 18.4 Å². The Morgan fingerprint density at radius 2 is 1.89 bits per heavy atom. The molecule has 0 spiro atoms. The summed E-state index contributed by atoms with van der Waals surface area (Å²) in [6.07, 6.45) is 1.99. The molecule has 0 saturated heterocycles. The number of hydrogen-bond donors (Lipinski definition) is 2. The van der Waals surface area contributed by atoms with Gasteiger partial charge in [0, 0.05) is 25.3 Å². The van der Waals surface area contributed by atoms with E-state index in [0.717, 1.165) is 22.5 Å². The van der Waals surface area contributed by atoms with Crippen molar-refractivity contribution in [1.82, 2.24) is 20.4 Å². The summed E-state index contributed by atoms with van der Waals surface area (Å²) in [5, 5.41) is 0. The number of amides is 2. The number of rotatable bonds is 6. The normalized spacial score (nSPS) is 10.7. The average Bonchev–Trinajstić information content (AvgIpc) is 3.03. The summed E-state index contributed by atoms with van der Waals surface area (Å²) >= 11 is 1.64. The van der Waals surface area contributed by atoms with Crippen LogP contribution in [0.1, 0.15) is 16.2 Å². The Hall–Kier alpha value is -3.00. The highest BCUT2D eigenvalue weighted by Gasteiger charge is 2.14. The molecule has 0 unspecified atom stereocenters. The average molecular weight is 398 g/mol. The lowest BCUT2D eigenvalue weighted by Gasteiger charge is -2.14. The van der Waals surface area contributed by atoms with E-state index >= 15 is 0 Å². The Balaban J connectivity index is 1.68. The van der Waals surface area contributed by atoms with Crippen LogP contribution < -0.4 is 15.8 Å². The van der Waals surface area contributed by atoms with Crippen molar-refractivity contribution in [1.29, 1.82) is 0 Å². The van der Waals surface area contributed by atoms with Crippen molar-refractivity contribution in [2.45, 2.75) is 12.3 Å². The van der Waals surface area contributed by atoms with Gasteiger partial charge in [0.2, 0.25) is 0 Å². The van der Waals surface area contributed by atoms with Gasteiger partial charge in [0.05, 0.1) is 16.8 Å². The van der Waals surface area contributed by atoms with Crippen LogP contribution >= 0.6 is 11.8 Å². The van der Waals surface area contributed by atoms with Crippen molar-refractivity contribution in [2.75, 3.05) is 25.3 Å². The van der Waals surface area contributed by atoms with E-state index in [2.05, 4.69) is 15.8 Å².